The second-order valence-corrected chi connectivity index (χ2v) is 12.1. The lowest BCUT2D eigenvalue weighted by Gasteiger charge is -2.35. The van der Waals surface area contributed by atoms with Gasteiger partial charge in [0.15, 0.2) is 0 Å². The van der Waals surface area contributed by atoms with Crippen LogP contribution in [0.25, 0.3) is 0 Å². The first kappa shape index (κ1) is 28.0. The van der Waals surface area contributed by atoms with Crippen molar-refractivity contribution in [3.05, 3.63) is 0 Å². The van der Waals surface area contributed by atoms with Crippen molar-refractivity contribution in [3.63, 3.8) is 0 Å². The van der Waals surface area contributed by atoms with E-state index >= 15 is 0 Å². The number of aliphatic hydroxyl groups is 2. The Labute approximate surface area is 210 Å². The number of hydrogen-bond donors (Lipinski definition) is 4. The fraction of sp³-hybridized carbons (Fsp3) is 0.833. The lowest BCUT2D eigenvalue weighted by molar-refractivity contribution is -0.147. The van der Waals surface area contributed by atoms with E-state index in [0.29, 0.717) is 25.7 Å². The Morgan fingerprint density at radius 2 is 0.944 bits per heavy atom. The van der Waals surface area contributed by atoms with E-state index in [1.807, 2.05) is 0 Å². The first-order chi connectivity index (χ1) is 16.4. The molecule has 4 rings (SSSR count). The van der Waals surface area contributed by atoms with Gasteiger partial charge in [-0.15, -0.1) is 0 Å². The van der Waals surface area contributed by atoms with Crippen LogP contribution >= 0.6 is 0 Å². The van der Waals surface area contributed by atoms with Gasteiger partial charge in [-0.3, -0.25) is 9.80 Å². The number of ether oxygens (including phenoxy) is 2. The quantitative estimate of drug-likeness (QED) is 0.424. The maximum absolute atomic E-state index is 12.0. The average Bonchev–Trinajstić information content (AvgIpc) is 3.42. The normalized spacial score (nSPS) is 34.8. The fourth-order valence-electron chi connectivity index (χ4n) is 5.80. The van der Waals surface area contributed by atoms with E-state index in [-0.39, 0.29) is 23.9 Å². The molecule has 12 heteroatoms. The first-order valence-corrected chi connectivity index (χ1v) is 12.3. The summed E-state index contributed by atoms with van der Waals surface area (Å²) in [5, 5.41) is 37.9. The lowest BCUT2D eigenvalue weighted by Crippen LogP contribution is -2.53. The monoisotopic (exact) mass is 514 g/mol. The van der Waals surface area contributed by atoms with Crippen molar-refractivity contribution in [2.24, 2.45) is 11.8 Å². The highest BCUT2D eigenvalue weighted by molar-refractivity contribution is 5.83. The average molecular weight is 515 g/mol. The van der Waals surface area contributed by atoms with Crippen molar-refractivity contribution in [3.8, 4) is 0 Å². The minimum atomic E-state index is -1.08. The summed E-state index contributed by atoms with van der Waals surface area (Å²) in [6.45, 7) is 10.4. The number of rotatable bonds is 2. The molecule has 2 saturated carbocycles. The Kier molecular flexibility index (Phi) is 7.54. The van der Waals surface area contributed by atoms with Gasteiger partial charge in [-0.1, -0.05) is 0 Å². The molecule has 0 aromatic rings. The predicted molar refractivity (Wildman–Crippen MR) is 124 cm³/mol. The molecule has 2 amide bonds. The number of likely N-dealkylation sites (tertiary alicyclic amines) is 2. The van der Waals surface area contributed by atoms with Crippen LogP contribution in [0.3, 0.4) is 0 Å². The molecule has 4 N–H and O–H groups in total. The standard InChI is InChI=1S/2C12H19NO5/c2*1-12(2,3)18-11(17)13-6-4-7(8(14)5-6)9(13)10(15)16/h2*6-9,14H,4-5H2,1-3H3,(H,15,16)/t2*6-,7+,8-,9-/m10/s1. The molecular formula is C24H38N2O10. The van der Waals surface area contributed by atoms with E-state index in [2.05, 4.69) is 0 Å². The highest BCUT2D eigenvalue weighted by atomic mass is 16.6. The molecular weight excluding hydrogens is 476 g/mol. The van der Waals surface area contributed by atoms with Gasteiger partial charge in [0.25, 0.3) is 0 Å². The van der Waals surface area contributed by atoms with E-state index in [0.717, 1.165) is 0 Å². The van der Waals surface area contributed by atoms with Crippen molar-refractivity contribution in [1.29, 1.82) is 0 Å². The Morgan fingerprint density at radius 1 is 0.639 bits per heavy atom. The van der Waals surface area contributed by atoms with Crippen molar-refractivity contribution < 1.29 is 49.1 Å². The smallest absolute Gasteiger partial charge is 0.411 e. The Hall–Kier alpha value is -2.60. The highest BCUT2D eigenvalue weighted by Crippen LogP contribution is 2.44. The topological polar surface area (TPSA) is 174 Å². The molecule has 0 aromatic heterocycles. The van der Waals surface area contributed by atoms with Crippen molar-refractivity contribution >= 4 is 24.1 Å². The molecule has 0 spiro atoms. The number of piperidine rings is 2. The summed E-state index contributed by atoms with van der Waals surface area (Å²) >= 11 is 0. The van der Waals surface area contributed by atoms with Crippen molar-refractivity contribution in [1.82, 2.24) is 9.80 Å². The molecule has 2 aliphatic carbocycles. The number of nitrogens with zero attached hydrogens (tertiary/aromatic N) is 2. The van der Waals surface area contributed by atoms with E-state index in [1.165, 1.54) is 9.80 Å². The van der Waals surface area contributed by atoms with Crippen LogP contribution in [0.15, 0.2) is 0 Å². The minimum Gasteiger partial charge on any atom is -0.480 e. The van der Waals surface area contributed by atoms with Crippen LogP contribution < -0.4 is 0 Å². The second kappa shape index (κ2) is 9.70. The molecule has 204 valence electrons. The number of amides is 2. The zero-order valence-corrected chi connectivity index (χ0v) is 21.6. The van der Waals surface area contributed by atoms with Crippen LogP contribution in [0.2, 0.25) is 0 Å². The van der Waals surface area contributed by atoms with Gasteiger partial charge in [-0.25, -0.2) is 19.2 Å². The summed E-state index contributed by atoms with van der Waals surface area (Å²) in [4.78, 5) is 49.1. The van der Waals surface area contributed by atoms with Crippen molar-refractivity contribution in [2.45, 2.75) is 115 Å². The molecule has 12 nitrogen and oxygen atoms in total. The van der Waals surface area contributed by atoms with Crippen LogP contribution in [0.1, 0.15) is 67.2 Å². The summed E-state index contributed by atoms with van der Waals surface area (Å²) in [5.74, 6) is -2.90. The van der Waals surface area contributed by atoms with Crippen LogP contribution in [0.4, 0.5) is 9.59 Å². The van der Waals surface area contributed by atoms with Gasteiger partial charge in [0, 0.05) is 23.9 Å². The molecule has 0 unspecified atom stereocenters. The number of aliphatic carboxylic acids is 2. The number of aliphatic hydroxyl groups excluding tert-OH is 2. The molecule has 4 bridgehead atoms. The molecule has 0 aromatic carbocycles. The second-order valence-electron chi connectivity index (χ2n) is 12.1. The minimum absolute atomic E-state index is 0.221. The highest BCUT2D eigenvalue weighted by Gasteiger charge is 2.57. The van der Waals surface area contributed by atoms with Crippen LogP contribution in [0, 0.1) is 11.8 Å². The summed E-state index contributed by atoms with van der Waals surface area (Å²) < 4.78 is 10.5. The zero-order chi connectivity index (χ0) is 27.3. The third kappa shape index (κ3) is 5.69. The van der Waals surface area contributed by atoms with Crippen molar-refractivity contribution in [2.75, 3.05) is 0 Å². The Balaban J connectivity index is 0.000000201. The summed E-state index contributed by atoms with van der Waals surface area (Å²) in [6, 6.07) is -2.37. The van der Waals surface area contributed by atoms with Gasteiger partial charge in [-0.2, -0.15) is 0 Å². The van der Waals surface area contributed by atoms with Gasteiger partial charge < -0.3 is 29.9 Å². The third-order valence-corrected chi connectivity index (χ3v) is 7.02. The number of carbonyl (C=O) groups excluding carboxylic acids is 2. The summed E-state index contributed by atoms with van der Waals surface area (Å²) in [5.41, 5.74) is -1.30. The lowest BCUT2D eigenvalue weighted by atomic mass is 9.96. The predicted octanol–water partition coefficient (Wildman–Crippen LogP) is 1.66. The number of fused-ring (bicyclic) bond motifs is 4. The molecule has 4 aliphatic rings. The van der Waals surface area contributed by atoms with E-state index in [9.17, 15) is 39.6 Å². The van der Waals surface area contributed by atoms with Gasteiger partial charge in [0.1, 0.15) is 23.3 Å². The van der Waals surface area contributed by atoms with E-state index in [1.54, 1.807) is 41.5 Å². The molecule has 36 heavy (non-hydrogen) atoms. The van der Waals surface area contributed by atoms with Crippen LogP contribution in [-0.2, 0) is 19.1 Å². The number of carboxylic acid groups (broad SMARTS) is 2. The SMILES string of the molecule is CC(C)(C)OC(=O)N1[C@@H]2C[C@@H]([C@H](O)C2)[C@@H]1C(=O)O.CC(C)(C)OC(=O)N1[C@H]2C[C@@H]([C@H]1C(=O)O)[C@@H](O)C2. The van der Waals surface area contributed by atoms with Gasteiger partial charge in [-0.05, 0) is 67.2 Å². The van der Waals surface area contributed by atoms with Crippen LogP contribution in [-0.4, -0.2) is 102 Å². The molecule has 0 radical (unpaired) electrons. The molecule has 2 heterocycles. The number of hydrogen-bond acceptors (Lipinski definition) is 8. The summed E-state index contributed by atoms with van der Waals surface area (Å²) in [6.07, 6.45) is -0.510. The Bertz CT molecular complexity index is 822. The maximum Gasteiger partial charge on any atom is 0.411 e. The van der Waals surface area contributed by atoms with Gasteiger partial charge in [0.05, 0.1) is 12.2 Å². The number of carbonyl (C=O) groups is 4. The van der Waals surface area contributed by atoms with E-state index in [4.69, 9.17) is 9.47 Å². The maximum atomic E-state index is 12.0. The molecule has 4 fully saturated rings. The Morgan fingerprint density at radius 3 is 1.19 bits per heavy atom. The van der Waals surface area contributed by atoms with Gasteiger partial charge in [0.2, 0.25) is 0 Å². The van der Waals surface area contributed by atoms with E-state index < -0.39 is 59.6 Å². The largest absolute Gasteiger partial charge is 0.480 e. The molecule has 8 atom stereocenters. The fourth-order valence-corrected chi connectivity index (χ4v) is 5.80. The first-order valence-electron chi connectivity index (χ1n) is 12.3. The molecule has 2 aliphatic heterocycles. The third-order valence-electron chi connectivity index (χ3n) is 7.02. The number of carboxylic acids is 2. The summed E-state index contributed by atoms with van der Waals surface area (Å²) in [7, 11) is 0. The molecule has 2 saturated heterocycles. The van der Waals surface area contributed by atoms with Gasteiger partial charge >= 0.3 is 24.1 Å². The van der Waals surface area contributed by atoms with Crippen LogP contribution in [0.5, 0.6) is 0 Å². The zero-order valence-electron chi connectivity index (χ0n) is 21.6.